The summed E-state index contributed by atoms with van der Waals surface area (Å²) >= 11 is 0. The Morgan fingerprint density at radius 3 is 2.53 bits per heavy atom. The largest absolute Gasteiger partial charge is 0.469 e. The Morgan fingerprint density at radius 1 is 1.47 bits per heavy atom. The average Bonchev–Trinajstić information content (AvgIpc) is 2.36. The number of rotatable bonds is 4. The minimum atomic E-state index is -0.960. The molecule has 0 saturated heterocycles. The summed E-state index contributed by atoms with van der Waals surface area (Å²) in [5.74, 6) is -0.455. The fourth-order valence-corrected chi connectivity index (χ4v) is 1.82. The van der Waals surface area contributed by atoms with Crippen molar-refractivity contribution in [3.63, 3.8) is 0 Å². The second-order valence-electron chi connectivity index (χ2n) is 4.99. The van der Waals surface area contributed by atoms with Crippen LogP contribution < -0.4 is 5.73 Å². The normalized spacial score (nSPS) is 12.9. The molecule has 0 aliphatic carbocycles. The molecule has 19 heavy (non-hydrogen) atoms. The Labute approximate surface area is 111 Å². The molecule has 0 saturated carbocycles. The Hall–Kier alpha value is -1.95. The zero-order valence-corrected chi connectivity index (χ0v) is 11.5. The molecule has 6 heteroatoms. The second-order valence-corrected chi connectivity index (χ2v) is 4.99. The molecular formula is C13H18N2O4. The van der Waals surface area contributed by atoms with Gasteiger partial charge in [0, 0.05) is 17.7 Å². The molecule has 1 atom stereocenters. The van der Waals surface area contributed by atoms with Crippen molar-refractivity contribution in [1.82, 2.24) is 0 Å². The van der Waals surface area contributed by atoms with Gasteiger partial charge in [0.25, 0.3) is 5.69 Å². The number of ether oxygens (including phenoxy) is 1. The maximum Gasteiger partial charge on any atom is 0.313 e. The van der Waals surface area contributed by atoms with Crippen molar-refractivity contribution in [3.8, 4) is 0 Å². The van der Waals surface area contributed by atoms with Crippen LogP contribution in [0.15, 0.2) is 18.2 Å². The highest BCUT2D eigenvalue weighted by molar-refractivity contribution is 5.77. The van der Waals surface area contributed by atoms with E-state index in [0.29, 0.717) is 11.1 Å². The summed E-state index contributed by atoms with van der Waals surface area (Å²) in [6.45, 7) is 4.95. The van der Waals surface area contributed by atoms with Crippen LogP contribution >= 0.6 is 0 Å². The van der Waals surface area contributed by atoms with Gasteiger partial charge in [0.05, 0.1) is 17.4 Å². The summed E-state index contributed by atoms with van der Waals surface area (Å²) in [6.07, 6.45) is 0. The Balaban J connectivity index is 3.20. The lowest BCUT2D eigenvalue weighted by atomic mass is 9.80. The van der Waals surface area contributed by atoms with Gasteiger partial charge in [-0.1, -0.05) is 12.1 Å². The van der Waals surface area contributed by atoms with Gasteiger partial charge < -0.3 is 10.5 Å². The van der Waals surface area contributed by atoms with Gasteiger partial charge in [-0.25, -0.2) is 0 Å². The van der Waals surface area contributed by atoms with E-state index < -0.39 is 22.3 Å². The van der Waals surface area contributed by atoms with Gasteiger partial charge in [-0.2, -0.15) is 0 Å². The van der Waals surface area contributed by atoms with E-state index in [9.17, 15) is 14.9 Å². The SMILES string of the molecule is COC(=O)C(C)(C)[C@@H](N)c1ccc(C)c([N+](=O)[O-])c1. The molecule has 0 radical (unpaired) electrons. The molecule has 1 rings (SSSR count). The number of aryl methyl sites for hydroxylation is 1. The predicted molar refractivity (Wildman–Crippen MR) is 70.6 cm³/mol. The van der Waals surface area contributed by atoms with Crippen LogP contribution in [0.4, 0.5) is 5.69 Å². The first-order chi connectivity index (χ1) is 8.71. The number of benzene rings is 1. The summed E-state index contributed by atoms with van der Waals surface area (Å²) in [6, 6.07) is 4.04. The third-order valence-electron chi connectivity index (χ3n) is 3.28. The summed E-state index contributed by atoms with van der Waals surface area (Å²) in [5.41, 5.74) is 6.17. The van der Waals surface area contributed by atoms with Gasteiger partial charge in [-0.3, -0.25) is 14.9 Å². The molecule has 0 spiro atoms. The smallest absolute Gasteiger partial charge is 0.313 e. The first kappa shape index (κ1) is 15.1. The molecular weight excluding hydrogens is 248 g/mol. The number of carbonyl (C=O) groups excluding carboxylic acids is 1. The predicted octanol–water partition coefficient (Wildman–Crippen LogP) is 2.10. The lowest BCUT2D eigenvalue weighted by molar-refractivity contribution is -0.385. The quantitative estimate of drug-likeness (QED) is 0.511. The van der Waals surface area contributed by atoms with E-state index >= 15 is 0 Å². The van der Waals surface area contributed by atoms with Crippen molar-refractivity contribution in [1.29, 1.82) is 0 Å². The zero-order valence-electron chi connectivity index (χ0n) is 11.5. The standard InChI is InChI=1S/C13H18N2O4/c1-8-5-6-9(7-10(8)15(17)18)11(14)13(2,3)12(16)19-4/h5-7,11H,14H2,1-4H3/t11-/m0/s1. The molecule has 0 fully saturated rings. The van der Waals surface area contributed by atoms with Gasteiger partial charge in [0.2, 0.25) is 0 Å². The molecule has 0 aliphatic heterocycles. The number of esters is 1. The molecule has 0 amide bonds. The number of nitrogens with zero attached hydrogens (tertiary/aromatic N) is 1. The molecule has 6 nitrogen and oxygen atoms in total. The van der Waals surface area contributed by atoms with Crippen LogP contribution in [0.25, 0.3) is 0 Å². The molecule has 1 aromatic carbocycles. The van der Waals surface area contributed by atoms with Crippen molar-refractivity contribution in [3.05, 3.63) is 39.4 Å². The molecule has 1 aromatic rings. The molecule has 2 N–H and O–H groups in total. The van der Waals surface area contributed by atoms with E-state index in [1.807, 2.05) is 0 Å². The van der Waals surface area contributed by atoms with E-state index in [4.69, 9.17) is 10.5 Å². The van der Waals surface area contributed by atoms with Crippen LogP contribution in [0.1, 0.15) is 31.0 Å². The van der Waals surface area contributed by atoms with Crippen molar-refractivity contribution in [2.75, 3.05) is 7.11 Å². The van der Waals surface area contributed by atoms with E-state index in [2.05, 4.69) is 0 Å². The zero-order chi connectivity index (χ0) is 14.8. The highest BCUT2D eigenvalue weighted by Gasteiger charge is 2.37. The lowest BCUT2D eigenvalue weighted by Crippen LogP contribution is -2.37. The molecule has 0 aliphatic rings. The summed E-state index contributed by atoms with van der Waals surface area (Å²) in [5, 5.41) is 10.9. The number of methoxy groups -OCH3 is 1. The van der Waals surface area contributed by atoms with Gasteiger partial charge in [-0.15, -0.1) is 0 Å². The van der Waals surface area contributed by atoms with Crippen LogP contribution in [-0.2, 0) is 9.53 Å². The topological polar surface area (TPSA) is 95.5 Å². The highest BCUT2D eigenvalue weighted by atomic mass is 16.6. The Kier molecular flexibility index (Phi) is 4.26. The number of nitrogens with two attached hydrogens (primary N) is 1. The Morgan fingerprint density at radius 2 is 2.05 bits per heavy atom. The second kappa shape index (κ2) is 5.36. The maximum absolute atomic E-state index is 11.7. The minimum Gasteiger partial charge on any atom is -0.469 e. The van der Waals surface area contributed by atoms with Gasteiger partial charge >= 0.3 is 5.97 Å². The van der Waals surface area contributed by atoms with Crippen LogP contribution in [0, 0.1) is 22.5 Å². The number of carbonyl (C=O) groups is 1. The molecule has 0 heterocycles. The van der Waals surface area contributed by atoms with E-state index in [0.717, 1.165) is 0 Å². The molecule has 0 unspecified atom stereocenters. The van der Waals surface area contributed by atoms with Gasteiger partial charge in [0.15, 0.2) is 0 Å². The third-order valence-corrected chi connectivity index (χ3v) is 3.28. The Bertz CT molecular complexity index is 511. The van der Waals surface area contributed by atoms with Crippen molar-refractivity contribution < 1.29 is 14.5 Å². The molecule has 0 aromatic heterocycles. The van der Waals surface area contributed by atoms with Crippen LogP contribution in [0.3, 0.4) is 0 Å². The number of nitro groups is 1. The maximum atomic E-state index is 11.7. The fraction of sp³-hybridized carbons (Fsp3) is 0.462. The van der Waals surface area contributed by atoms with E-state index in [-0.39, 0.29) is 5.69 Å². The van der Waals surface area contributed by atoms with Crippen LogP contribution in [-0.4, -0.2) is 18.0 Å². The third kappa shape index (κ3) is 2.90. The summed E-state index contributed by atoms with van der Waals surface area (Å²) in [4.78, 5) is 22.1. The van der Waals surface area contributed by atoms with Crippen molar-refractivity contribution >= 4 is 11.7 Å². The monoisotopic (exact) mass is 266 g/mol. The van der Waals surface area contributed by atoms with Crippen LogP contribution in [0.2, 0.25) is 0 Å². The van der Waals surface area contributed by atoms with Crippen LogP contribution in [0.5, 0.6) is 0 Å². The summed E-state index contributed by atoms with van der Waals surface area (Å²) in [7, 11) is 1.29. The lowest BCUT2D eigenvalue weighted by Gasteiger charge is -2.28. The highest BCUT2D eigenvalue weighted by Crippen LogP contribution is 2.34. The average molecular weight is 266 g/mol. The number of hydrogen-bond donors (Lipinski definition) is 1. The van der Waals surface area contributed by atoms with Gasteiger partial charge in [-0.05, 0) is 26.3 Å². The first-order valence-electron chi connectivity index (χ1n) is 5.80. The summed E-state index contributed by atoms with van der Waals surface area (Å²) < 4.78 is 4.71. The fourth-order valence-electron chi connectivity index (χ4n) is 1.82. The number of nitro benzene ring substituents is 1. The van der Waals surface area contributed by atoms with E-state index in [1.165, 1.54) is 13.2 Å². The molecule has 0 bridgehead atoms. The van der Waals surface area contributed by atoms with Gasteiger partial charge in [0.1, 0.15) is 0 Å². The minimum absolute atomic E-state index is 0.00591. The van der Waals surface area contributed by atoms with Crippen molar-refractivity contribution in [2.45, 2.75) is 26.8 Å². The first-order valence-corrected chi connectivity index (χ1v) is 5.80. The van der Waals surface area contributed by atoms with Crippen molar-refractivity contribution in [2.24, 2.45) is 11.1 Å². The number of hydrogen-bond acceptors (Lipinski definition) is 5. The van der Waals surface area contributed by atoms with E-state index in [1.54, 1.807) is 32.9 Å². The molecule has 104 valence electrons.